The molecule has 0 aromatic heterocycles. The first-order valence-corrected chi connectivity index (χ1v) is 3.62. The van der Waals surface area contributed by atoms with Crippen molar-refractivity contribution in [3.63, 3.8) is 0 Å². The van der Waals surface area contributed by atoms with E-state index >= 15 is 0 Å². The molecule has 1 aliphatic heterocycles. The number of amides is 1. The van der Waals surface area contributed by atoms with Crippen LogP contribution < -0.4 is 5.73 Å². The van der Waals surface area contributed by atoms with Gasteiger partial charge in [-0.15, -0.1) is 0 Å². The molecule has 13 heavy (non-hydrogen) atoms. The molecule has 76 valence electrons. The summed E-state index contributed by atoms with van der Waals surface area (Å²) in [6.45, 7) is 0. The Balaban J connectivity index is 2.76. The third-order valence-corrected chi connectivity index (χ3v) is 1.87. The second-order valence-corrected chi connectivity index (χ2v) is 2.82. The lowest BCUT2D eigenvalue weighted by molar-refractivity contribution is -0.275. The summed E-state index contributed by atoms with van der Waals surface area (Å²) in [6.07, 6.45) is -8.16. The number of aliphatic hydroxyl groups excluding tert-OH is 4. The van der Waals surface area contributed by atoms with Crippen LogP contribution in [0.15, 0.2) is 0 Å². The normalized spacial score (nSPS) is 46.0. The first-order valence-electron chi connectivity index (χ1n) is 3.62. The van der Waals surface area contributed by atoms with Crippen LogP contribution in [0.4, 0.5) is 0 Å². The smallest absolute Gasteiger partial charge is 0.249 e. The summed E-state index contributed by atoms with van der Waals surface area (Å²) in [6, 6.07) is 0. The summed E-state index contributed by atoms with van der Waals surface area (Å²) >= 11 is 0. The van der Waals surface area contributed by atoms with Gasteiger partial charge in [-0.1, -0.05) is 0 Å². The van der Waals surface area contributed by atoms with Crippen molar-refractivity contribution in [2.45, 2.75) is 30.7 Å². The van der Waals surface area contributed by atoms with Crippen molar-refractivity contribution < 1.29 is 30.0 Å². The number of rotatable bonds is 1. The lowest BCUT2D eigenvalue weighted by Gasteiger charge is -2.36. The Hall–Kier alpha value is -0.730. The van der Waals surface area contributed by atoms with Gasteiger partial charge in [0.15, 0.2) is 12.4 Å². The van der Waals surface area contributed by atoms with Crippen LogP contribution in [0.25, 0.3) is 0 Å². The van der Waals surface area contributed by atoms with Gasteiger partial charge >= 0.3 is 0 Å². The Morgan fingerprint density at radius 2 is 1.62 bits per heavy atom. The molecule has 7 heteroatoms. The lowest BCUT2D eigenvalue weighted by atomic mass is 9.99. The molecule has 1 aliphatic rings. The van der Waals surface area contributed by atoms with Crippen LogP contribution in [0.3, 0.4) is 0 Å². The van der Waals surface area contributed by atoms with Gasteiger partial charge in [0, 0.05) is 0 Å². The van der Waals surface area contributed by atoms with E-state index < -0.39 is 36.6 Å². The van der Waals surface area contributed by atoms with Crippen LogP contribution >= 0.6 is 0 Å². The molecule has 1 saturated heterocycles. The van der Waals surface area contributed by atoms with E-state index in [1.807, 2.05) is 0 Å². The highest BCUT2D eigenvalue weighted by molar-refractivity contribution is 5.79. The number of carbonyl (C=O) groups excluding carboxylic acids is 1. The number of ether oxygens (including phenoxy) is 1. The minimum atomic E-state index is -1.73. The van der Waals surface area contributed by atoms with Gasteiger partial charge in [0.05, 0.1) is 0 Å². The highest BCUT2D eigenvalue weighted by Gasteiger charge is 2.45. The molecule has 0 aliphatic carbocycles. The average Bonchev–Trinajstić information content (AvgIpc) is 2.07. The van der Waals surface area contributed by atoms with Gasteiger partial charge in [-0.3, -0.25) is 4.79 Å². The van der Waals surface area contributed by atoms with Crippen molar-refractivity contribution in [2.24, 2.45) is 5.73 Å². The fraction of sp³-hybridized carbons (Fsp3) is 0.833. The van der Waals surface area contributed by atoms with Crippen molar-refractivity contribution in [1.29, 1.82) is 0 Å². The zero-order valence-electron chi connectivity index (χ0n) is 6.57. The van der Waals surface area contributed by atoms with E-state index in [9.17, 15) is 4.79 Å². The van der Waals surface area contributed by atoms with Gasteiger partial charge in [-0.25, -0.2) is 0 Å². The van der Waals surface area contributed by atoms with Gasteiger partial charge in [0.2, 0.25) is 5.91 Å². The molecule has 1 rings (SSSR count). The largest absolute Gasteiger partial charge is 0.387 e. The van der Waals surface area contributed by atoms with E-state index in [1.165, 1.54) is 0 Å². The van der Waals surface area contributed by atoms with E-state index in [4.69, 9.17) is 26.2 Å². The van der Waals surface area contributed by atoms with Crippen LogP contribution in [0, 0.1) is 0 Å². The maximum atomic E-state index is 10.6. The number of nitrogens with two attached hydrogens (primary N) is 1. The number of aliphatic hydroxyl groups is 4. The quantitative estimate of drug-likeness (QED) is 0.291. The van der Waals surface area contributed by atoms with E-state index in [1.54, 1.807) is 0 Å². The molecule has 0 saturated carbocycles. The summed E-state index contributed by atoms with van der Waals surface area (Å²) in [7, 11) is 0. The molecule has 0 bridgehead atoms. The molecule has 2 unspecified atom stereocenters. The highest BCUT2D eigenvalue weighted by atomic mass is 16.6. The molecule has 0 spiro atoms. The molecule has 1 fully saturated rings. The zero-order chi connectivity index (χ0) is 10.2. The van der Waals surface area contributed by atoms with Crippen molar-refractivity contribution in [2.75, 3.05) is 0 Å². The van der Waals surface area contributed by atoms with Crippen molar-refractivity contribution in [3.8, 4) is 0 Å². The summed E-state index contributed by atoms with van der Waals surface area (Å²) < 4.78 is 4.46. The Morgan fingerprint density at radius 3 is 2.08 bits per heavy atom. The molecule has 6 N–H and O–H groups in total. The summed E-state index contributed by atoms with van der Waals surface area (Å²) in [5.74, 6) is -1.02. The van der Waals surface area contributed by atoms with Crippen molar-refractivity contribution in [1.82, 2.24) is 0 Å². The molecular weight excluding hydrogens is 182 g/mol. The van der Waals surface area contributed by atoms with Crippen molar-refractivity contribution >= 4 is 5.91 Å². The van der Waals surface area contributed by atoms with Gasteiger partial charge in [0.1, 0.15) is 18.3 Å². The maximum Gasteiger partial charge on any atom is 0.249 e. The number of carbonyl (C=O) groups is 1. The molecule has 0 aromatic carbocycles. The molecule has 0 radical (unpaired) electrons. The molecule has 7 nitrogen and oxygen atoms in total. The van der Waals surface area contributed by atoms with Gasteiger partial charge in [0.25, 0.3) is 0 Å². The fourth-order valence-corrected chi connectivity index (χ4v) is 1.10. The van der Waals surface area contributed by atoms with Crippen molar-refractivity contribution in [3.05, 3.63) is 0 Å². The molecule has 0 aromatic rings. The lowest BCUT2D eigenvalue weighted by Crippen LogP contribution is -2.60. The summed E-state index contributed by atoms with van der Waals surface area (Å²) in [5, 5.41) is 36.2. The van der Waals surface area contributed by atoms with Gasteiger partial charge < -0.3 is 30.9 Å². The fourth-order valence-electron chi connectivity index (χ4n) is 1.10. The molecular formula is C6H11NO6. The monoisotopic (exact) mass is 193 g/mol. The van der Waals surface area contributed by atoms with Crippen LogP contribution in [-0.2, 0) is 9.53 Å². The van der Waals surface area contributed by atoms with Crippen LogP contribution in [0.2, 0.25) is 0 Å². The van der Waals surface area contributed by atoms with E-state index in [0.29, 0.717) is 0 Å². The Labute approximate surface area is 73.4 Å². The average molecular weight is 193 g/mol. The molecule has 1 heterocycles. The Bertz CT molecular complexity index is 209. The zero-order valence-corrected chi connectivity index (χ0v) is 6.57. The second-order valence-electron chi connectivity index (χ2n) is 2.82. The maximum absolute atomic E-state index is 10.6. The predicted octanol–water partition coefficient (Wildman–Crippen LogP) is -3.73. The Kier molecular flexibility index (Phi) is 2.84. The minimum Gasteiger partial charge on any atom is -0.387 e. The first-order chi connectivity index (χ1) is 5.95. The third-order valence-electron chi connectivity index (χ3n) is 1.87. The highest BCUT2D eigenvalue weighted by Crippen LogP contribution is 2.19. The number of hydrogen-bond donors (Lipinski definition) is 5. The van der Waals surface area contributed by atoms with Gasteiger partial charge in [-0.05, 0) is 0 Å². The van der Waals surface area contributed by atoms with E-state index in [0.717, 1.165) is 0 Å². The molecule has 1 amide bonds. The topological polar surface area (TPSA) is 133 Å². The van der Waals surface area contributed by atoms with Crippen LogP contribution in [0.5, 0.6) is 0 Å². The van der Waals surface area contributed by atoms with Crippen LogP contribution in [-0.4, -0.2) is 57.0 Å². The summed E-state index contributed by atoms with van der Waals surface area (Å²) in [5.41, 5.74) is 4.80. The SMILES string of the molecule is NC(=O)C1OC(O)[C@H](O)[C@@H](O)[C@@H]1O. The molecule has 5 atom stereocenters. The first kappa shape index (κ1) is 10.4. The second kappa shape index (κ2) is 3.56. The number of primary amides is 1. The third kappa shape index (κ3) is 1.79. The van der Waals surface area contributed by atoms with Crippen LogP contribution in [0.1, 0.15) is 0 Å². The van der Waals surface area contributed by atoms with E-state index in [2.05, 4.69) is 4.74 Å². The standard InChI is InChI=1S/C6H11NO6/c7-5(11)4-2(9)1(8)3(10)6(12)13-4/h1-4,6,8-10,12H,(H2,7,11)/t1-,2-,3+,4?,6?/m0/s1. The number of hydrogen-bond acceptors (Lipinski definition) is 6. The van der Waals surface area contributed by atoms with Gasteiger partial charge in [-0.2, -0.15) is 0 Å². The minimum absolute atomic E-state index is 1.02. The predicted molar refractivity (Wildman–Crippen MR) is 38.1 cm³/mol. The Morgan fingerprint density at radius 1 is 1.08 bits per heavy atom. The van der Waals surface area contributed by atoms with E-state index in [-0.39, 0.29) is 0 Å². The summed E-state index contributed by atoms with van der Waals surface area (Å²) in [4.78, 5) is 10.6.